The lowest BCUT2D eigenvalue weighted by atomic mass is 10.1. The van der Waals surface area contributed by atoms with Crippen LogP contribution in [0.1, 0.15) is 31.2 Å². The van der Waals surface area contributed by atoms with Crippen molar-refractivity contribution in [3.05, 3.63) is 30.1 Å². The Balaban J connectivity index is 1.60. The summed E-state index contributed by atoms with van der Waals surface area (Å²) in [6, 6.07) is 4.05. The van der Waals surface area contributed by atoms with Crippen LogP contribution < -0.4 is 0 Å². The zero-order valence-electron chi connectivity index (χ0n) is 9.39. The third kappa shape index (κ3) is 3.42. The molecular weight excluding hydrogens is 202 g/mol. The lowest BCUT2D eigenvalue weighted by Gasteiger charge is -2.09. The SMILES string of the molecule is O=C1CCC(OCCCc2ccncc2)C1. The maximum absolute atomic E-state index is 11.0. The number of Topliss-reactive ketones (excluding diaryl/α,β-unsaturated/α-hetero) is 1. The van der Waals surface area contributed by atoms with Crippen LogP contribution in [-0.2, 0) is 16.0 Å². The van der Waals surface area contributed by atoms with Gasteiger partial charge in [-0.3, -0.25) is 9.78 Å². The highest BCUT2D eigenvalue weighted by atomic mass is 16.5. The number of carbonyl (C=O) groups excluding carboxylic acids is 1. The van der Waals surface area contributed by atoms with Crippen LogP contribution in [0.2, 0.25) is 0 Å². The van der Waals surface area contributed by atoms with Crippen LogP contribution in [-0.4, -0.2) is 23.5 Å². The van der Waals surface area contributed by atoms with Crippen molar-refractivity contribution in [3.8, 4) is 0 Å². The van der Waals surface area contributed by atoms with E-state index in [-0.39, 0.29) is 6.10 Å². The van der Waals surface area contributed by atoms with Gasteiger partial charge in [0, 0.05) is 31.8 Å². The third-order valence-corrected chi connectivity index (χ3v) is 2.91. The maximum atomic E-state index is 11.0. The zero-order valence-corrected chi connectivity index (χ0v) is 9.39. The lowest BCUT2D eigenvalue weighted by molar-refractivity contribution is -0.118. The summed E-state index contributed by atoms with van der Waals surface area (Å²) in [7, 11) is 0. The Morgan fingerprint density at radius 2 is 2.19 bits per heavy atom. The molecule has 16 heavy (non-hydrogen) atoms. The lowest BCUT2D eigenvalue weighted by Crippen LogP contribution is -2.10. The van der Waals surface area contributed by atoms with Crippen molar-refractivity contribution in [2.75, 3.05) is 6.61 Å². The van der Waals surface area contributed by atoms with Gasteiger partial charge in [-0.05, 0) is 37.0 Å². The summed E-state index contributed by atoms with van der Waals surface area (Å²) in [6.45, 7) is 0.750. The van der Waals surface area contributed by atoms with Crippen molar-refractivity contribution < 1.29 is 9.53 Å². The van der Waals surface area contributed by atoms with Gasteiger partial charge in [0.05, 0.1) is 6.10 Å². The summed E-state index contributed by atoms with van der Waals surface area (Å²) in [4.78, 5) is 15.0. The average molecular weight is 219 g/mol. The summed E-state index contributed by atoms with van der Waals surface area (Å²) >= 11 is 0. The van der Waals surface area contributed by atoms with Crippen LogP contribution in [0.25, 0.3) is 0 Å². The Bertz CT molecular complexity index is 337. The van der Waals surface area contributed by atoms with Gasteiger partial charge in [-0.1, -0.05) is 0 Å². The van der Waals surface area contributed by atoms with Gasteiger partial charge in [-0.2, -0.15) is 0 Å². The van der Waals surface area contributed by atoms with Gasteiger partial charge < -0.3 is 4.74 Å². The van der Waals surface area contributed by atoms with Crippen molar-refractivity contribution in [2.24, 2.45) is 0 Å². The second-order valence-electron chi connectivity index (χ2n) is 4.23. The molecule has 0 aliphatic heterocycles. The van der Waals surface area contributed by atoms with Crippen molar-refractivity contribution in [1.82, 2.24) is 4.98 Å². The molecule has 0 saturated heterocycles. The highest BCUT2D eigenvalue weighted by molar-refractivity contribution is 5.81. The second-order valence-corrected chi connectivity index (χ2v) is 4.23. The smallest absolute Gasteiger partial charge is 0.135 e. The summed E-state index contributed by atoms with van der Waals surface area (Å²) in [5.74, 6) is 0.346. The van der Waals surface area contributed by atoms with Crippen molar-refractivity contribution in [3.63, 3.8) is 0 Å². The Kier molecular flexibility index (Phi) is 4.05. The molecule has 1 fully saturated rings. The molecule has 0 N–H and O–H groups in total. The molecule has 1 atom stereocenters. The number of aryl methyl sites for hydroxylation is 1. The van der Waals surface area contributed by atoms with Gasteiger partial charge in [-0.25, -0.2) is 0 Å². The molecule has 1 aliphatic carbocycles. The number of aromatic nitrogens is 1. The minimum absolute atomic E-state index is 0.185. The molecule has 1 unspecified atom stereocenters. The van der Waals surface area contributed by atoms with Gasteiger partial charge in [-0.15, -0.1) is 0 Å². The highest BCUT2D eigenvalue weighted by Gasteiger charge is 2.21. The zero-order chi connectivity index (χ0) is 11.2. The molecule has 0 bridgehead atoms. The van der Waals surface area contributed by atoms with E-state index in [1.165, 1.54) is 5.56 Å². The van der Waals surface area contributed by atoms with E-state index in [1.54, 1.807) is 0 Å². The number of rotatable bonds is 5. The van der Waals surface area contributed by atoms with Crippen LogP contribution in [0.5, 0.6) is 0 Å². The molecule has 2 rings (SSSR count). The maximum Gasteiger partial charge on any atom is 0.135 e. The predicted octanol–water partition coefficient (Wildman–Crippen LogP) is 2.15. The first-order valence-corrected chi connectivity index (χ1v) is 5.87. The standard InChI is InChI=1S/C13H17NO2/c15-12-3-4-13(10-12)16-9-1-2-11-5-7-14-8-6-11/h5-8,13H,1-4,9-10H2. The second kappa shape index (κ2) is 5.75. The molecular formula is C13H17NO2. The topological polar surface area (TPSA) is 39.2 Å². The minimum atomic E-state index is 0.185. The van der Waals surface area contributed by atoms with E-state index in [2.05, 4.69) is 4.98 Å². The van der Waals surface area contributed by atoms with E-state index in [4.69, 9.17) is 4.74 Å². The molecule has 86 valence electrons. The molecule has 1 aromatic rings. The molecule has 3 nitrogen and oxygen atoms in total. The number of pyridine rings is 1. The first-order chi connectivity index (χ1) is 7.84. The first-order valence-electron chi connectivity index (χ1n) is 5.87. The van der Waals surface area contributed by atoms with Crippen LogP contribution >= 0.6 is 0 Å². The van der Waals surface area contributed by atoms with Crippen LogP contribution in [0.4, 0.5) is 0 Å². The Hall–Kier alpha value is -1.22. The summed E-state index contributed by atoms with van der Waals surface area (Å²) in [5.41, 5.74) is 1.29. The number of hydrogen-bond donors (Lipinski definition) is 0. The first kappa shape index (κ1) is 11.3. The summed E-state index contributed by atoms with van der Waals surface area (Å²) in [5, 5.41) is 0. The molecule has 3 heteroatoms. The van der Waals surface area contributed by atoms with Crippen molar-refractivity contribution >= 4 is 5.78 Å². The van der Waals surface area contributed by atoms with Gasteiger partial charge in [0.2, 0.25) is 0 Å². The van der Waals surface area contributed by atoms with Crippen LogP contribution in [0.3, 0.4) is 0 Å². The molecule has 1 aliphatic rings. The molecule has 1 saturated carbocycles. The molecule has 1 heterocycles. The average Bonchev–Trinajstić information content (AvgIpc) is 2.72. The Morgan fingerprint density at radius 3 is 2.88 bits per heavy atom. The van der Waals surface area contributed by atoms with Gasteiger partial charge in [0.1, 0.15) is 5.78 Å². The molecule has 1 aromatic heterocycles. The summed E-state index contributed by atoms with van der Waals surface area (Å²) in [6.07, 6.45) is 8.07. The molecule has 0 aromatic carbocycles. The highest BCUT2D eigenvalue weighted by Crippen LogP contribution is 2.18. The minimum Gasteiger partial charge on any atom is -0.378 e. The third-order valence-electron chi connectivity index (χ3n) is 2.91. The fraction of sp³-hybridized carbons (Fsp3) is 0.538. The van der Waals surface area contributed by atoms with E-state index < -0.39 is 0 Å². The van der Waals surface area contributed by atoms with E-state index in [0.29, 0.717) is 18.6 Å². The number of nitrogens with zero attached hydrogens (tertiary/aromatic N) is 1. The van der Waals surface area contributed by atoms with Gasteiger partial charge in [0.25, 0.3) is 0 Å². The van der Waals surface area contributed by atoms with E-state index in [9.17, 15) is 4.79 Å². The monoisotopic (exact) mass is 219 g/mol. The van der Waals surface area contributed by atoms with Gasteiger partial charge in [0.15, 0.2) is 0 Å². The van der Waals surface area contributed by atoms with E-state index in [1.807, 2.05) is 24.5 Å². The van der Waals surface area contributed by atoms with Crippen molar-refractivity contribution in [1.29, 1.82) is 0 Å². The molecule has 0 radical (unpaired) electrons. The molecule has 0 spiro atoms. The normalized spacial score (nSPS) is 20.2. The van der Waals surface area contributed by atoms with E-state index >= 15 is 0 Å². The number of ether oxygens (including phenoxy) is 1. The van der Waals surface area contributed by atoms with E-state index in [0.717, 1.165) is 25.9 Å². The summed E-state index contributed by atoms with van der Waals surface area (Å²) < 4.78 is 5.66. The predicted molar refractivity (Wildman–Crippen MR) is 61.2 cm³/mol. The quantitative estimate of drug-likeness (QED) is 0.712. The fourth-order valence-corrected chi connectivity index (χ4v) is 2.00. The van der Waals surface area contributed by atoms with Crippen LogP contribution in [0, 0.1) is 0 Å². The van der Waals surface area contributed by atoms with Crippen LogP contribution in [0.15, 0.2) is 24.5 Å². The molecule has 0 amide bonds. The number of hydrogen-bond acceptors (Lipinski definition) is 3. The Morgan fingerprint density at radius 1 is 1.38 bits per heavy atom. The number of ketones is 1. The fourth-order valence-electron chi connectivity index (χ4n) is 2.00. The largest absolute Gasteiger partial charge is 0.378 e. The van der Waals surface area contributed by atoms with Gasteiger partial charge >= 0.3 is 0 Å². The Labute approximate surface area is 95.8 Å². The van der Waals surface area contributed by atoms with Crippen molar-refractivity contribution in [2.45, 2.75) is 38.2 Å². The number of carbonyl (C=O) groups is 1.